The van der Waals surface area contributed by atoms with Crippen LogP contribution in [0.25, 0.3) is 0 Å². The molecule has 0 aromatic carbocycles. The Labute approximate surface area is 59.3 Å². The molecule has 0 saturated carbocycles. The second-order valence-electron chi connectivity index (χ2n) is 2.09. The molecular formula is C6H9N3O. The van der Waals surface area contributed by atoms with E-state index in [0.29, 0.717) is 6.01 Å². The Hall–Kier alpha value is -1.19. The summed E-state index contributed by atoms with van der Waals surface area (Å²) in [5.74, 6) is 0. The van der Waals surface area contributed by atoms with Gasteiger partial charge in [0.15, 0.2) is 0 Å². The Morgan fingerprint density at radius 3 is 2.40 bits per heavy atom. The third-order valence-electron chi connectivity index (χ3n) is 0.811. The van der Waals surface area contributed by atoms with Crippen molar-refractivity contribution in [3.63, 3.8) is 0 Å². The predicted molar refractivity (Wildman–Crippen MR) is 35.6 cm³/mol. The summed E-state index contributed by atoms with van der Waals surface area (Å²) >= 11 is 0. The van der Waals surface area contributed by atoms with Crippen LogP contribution in [0.5, 0.6) is 6.01 Å². The Bertz CT molecular complexity index is 187. The Morgan fingerprint density at radius 1 is 1.30 bits per heavy atom. The molecule has 0 aliphatic carbocycles. The van der Waals surface area contributed by atoms with Crippen molar-refractivity contribution in [3.05, 3.63) is 12.7 Å². The van der Waals surface area contributed by atoms with Crippen LogP contribution in [0.4, 0.5) is 0 Å². The normalized spacial score (nSPS) is 9.90. The zero-order chi connectivity index (χ0) is 7.40. The van der Waals surface area contributed by atoms with Gasteiger partial charge in [0.05, 0.1) is 6.10 Å². The first kappa shape index (κ1) is 6.92. The molecule has 0 radical (unpaired) electrons. The minimum absolute atomic E-state index is 0.113. The predicted octanol–water partition coefficient (Wildman–Crippen LogP) is 0.659. The van der Waals surface area contributed by atoms with Crippen molar-refractivity contribution in [1.82, 2.24) is 15.0 Å². The Morgan fingerprint density at radius 2 is 1.90 bits per heavy atom. The first-order chi connectivity index (χ1) is 4.79. The zero-order valence-corrected chi connectivity index (χ0v) is 5.98. The summed E-state index contributed by atoms with van der Waals surface area (Å²) in [7, 11) is 0. The maximum Gasteiger partial charge on any atom is 0.319 e. The molecule has 0 unspecified atom stereocenters. The van der Waals surface area contributed by atoms with Crippen molar-refractivity contribution in [3.8, 4) is 6.01 Å². The summed E-state index contributed by atoms with van der Waals surface area (Å²) in [5.41, 5.74) is 0. The van der Waals surface area contributed by atoms with E-state index in [9.17, 15) is 0 Å². The fraction of sp³-hybridized carbons (Fsp3) is 0.500. The van der Waals surface area contributed by atoms with Gasteiger partial charge in [-0.15, -0.1) is 0 Å². The van der Waals surface area contributed by atoms with Crippen LogP contribution in [0.1, 0.15) is 13.8 Å². The molecule has 10 heavy (non-hydrogen) atoms. The topological polar surface area (TPSA) is 47.9 Å². The van der Waals surface area contributed by atoms with Crippen LogP contribution in [0.2, 0.25) is 0 Å². The lowest BCUT2D eigenvalue weighted by atomic mass is 10.5. The van der Waals surface area contributed by atoms with Crippen LogP contribution < -0.4 is 4.74 Å². The minimum Gasteiger partial charge on any atom is -0.461 e. The number of hydrogen-bond donors (Lipinski definition) is 0. The van der Waals surface area contributed by atoms with Crippen LogP contribution in [0.3, 0.4) is 0 Å². The van der Waals surface area contributed by atoms with Gasteiger partial charge in [-0.3, -0.25) is 0 Å². The average Bonchev–Trinajstić information content (AvgIpc) is 1.88. The molecule has 4 nitrogen and oxygen atoms in total. The summed E-state index contributed by atoms with van der Waals surface area (Å²) in [6, 6.07) is 0.380. The van der Waals surface area contributed by atoms with Crippen LogP contribution in [0, 0.1) is 0 Å². The molecule has 0 spiro atoms. The van der Waals surface area contributed by atoms with Crippen molar-refractivity contribution in [2.24, 2.45) is 0 Å². The van der Waals surface area contributed by atoms with Gasteiger partial charge in [-0.05, 0) is 13.8 Å². The maximum absolute atomic E-state index is 5.15. The summed E-state index contributed by atoms with van der Waals surface area (Å²) in [5, 5.41) is 0. The van der Waals surface area contributed by atoms with Gasteiger partial charge in [0.25, 0.3) is 0 Å². The molecule has 0 fully saturated rings. The number of aromatic nitrogens is 3. The molecule has 4 heteroatoms. The Kier molecular flexibility index (Phi) is 2.15. The summed E-state index contributed by atoms with van der Waals surface area (Å²) in [6.07, 6.45) is 2.93. The van der Waals surface area contributed by atoms with E-state index in [2.05, 4.69) is 15.0 Å². The second kappa shape index (κ2) is 3.10. The molecule has 0 saturated heterocycles. The van der Waals surface area contributed by atoms with E-state index in [0.717, 1.165) is 0 Å². The van der Waals surface area contributed by atoms with Crippen LogP contribution in [0.15, 0.2) is 12.7 Å². The van der Waals surface area contributed by atoms with Gasteiger partial charge in [0.2, 0.25) is 0 Å². The molecule has 1 aromatic rings. The lowest BCUT2D eigenvalue weighted by Gasteiger charge is -2.04. The van der Waals surface area contributed by atoms with E-state index < -0.39 is 0 Å². The fourth-order valence-electron chi connectivity index (χ4n) is 0.500. The van der Waals surface area contributed by atoms with E-state index in [1.807, 2.05) is 13.8 Å². The minimum atomic E-state index is 0.113. The van der Waals surface area contributed by atoms with Crippen molar-refractivity contribution in [2.45, 2.75) is 20.0 Å². The molecule has 0 atom stereocenters. The molecule has 0 aliphatic heterocycles. The first-order valence-corrected chi connectivity index (χ1v) is 3.07. The van der Waals surface area contributed by atoms with Gasteiger partial charge >= 0.3 is 6.01 Å². The molecule has 0 N–H and O–H groups in total. The second-order valence-corrected chi connectivity index (χ2v) is 2.09. The monoisotopic (exact) mass is 139 g/mol. The molecule has 0 amide bonds. The highest BCUT2D eigenvalue weighted by Crippen LogP contribution is 1.98. The number of nitrogens with zero attached hydrogens (tertiary/aromatic N) is 3. The molecule has 1 rings (SSSR count). The highest BCUT2D eigenvalue weighted by molar-refractivity contribution is 4.87. The molecule has 0 aliphatic rings. The molecular weight excluding hydrogens is 130 g/mol. The van der Waals surface area contributed by atoms with Crippen LogP contribution in [-0.2, 0) is 0 Å². The molecule has 54 valence electrons. The lowest BCUT2D eigenvalue weighted by molar-refractivity contribution is 0.221. The van der Waals surface area contributed by atoms with Gasteiger partial charge in [0.1, 0.15) is 12.7 Å². The van der Waals surface area contributed by atoms with E-state index >= 15 is 0 Å². The van der Waals surface area contributed by atoms with Gasteiger partial charge in [-0.25, -0.2) is 4.98 Å². The van der Waals surface area contributed by atoms with Gasteiger partial charge in [0, 0.05) is 0 Å². The highest BCUT2D eigenvalue weighted by Gasteiger charge is 1.96. The van der Waals surface area contributed by atoms with Crippen molar-refractivity contribution in [2.75, 3.05) is 0 Å². The van der Waals surface area contributed by atoms with Crippen LogP contribution >= 0.6 is 0 Å². The standard InChI is InChI=1S/C6H9N3O/c1-5(2)10-6-8-3-7-4-9-6/h3-5H,1-2H3. The van der Waals surface area contributed by atoms with Gasteiger partial charge in [-0.1, -0.05) is 0 Å². The third-order valence-corrected chi connectivity index (χ3v) is 0.811. The summed E-state index contributed by atoms with van der Waals surface area (Å²) < 4.78 is 5.15. The molecule has 0 bridgehead atoms. The average molecular weight is 139 g/mol. The SMILES string of the molecule is CC(C)Oc1ncncn1. The summed E-state index contributed by atoms with van der Waals surface area (Å²) in [6.45, 7) is 3.84. The van der Waals surface area contributed by atoms with E-state index in [1.165, 1.54) is 12.7 Å². The first-order valence-electron chi connectivity index (χ1n) is 3.07. The largest absolute Gasteiger partial charge is 0.461 e. The number of hydrogen-bond acceptors (Lipinski definition) is 4. The molecule has 1 aromatic heterocycles. The third kappa shape index (κ3) is 1.97. The van der Waals surface area contributed by atoms with E-state index in [4.69, 9.17) is 4.74 Å². The zero-order valence-electron chi connectivity index (χ0n) is 5.98. The number of rotatable bonds is 2. The van der Waals surface area contributed by atoms with Crippen molar-refractivity contribution in [1.29, 1.82) is 0 Å². The number of ether oxygens (including phenoxy) is 1. The van der Waals surface area contributed by atoms with Gasteiger partial charge < -0.3 is 4.74 Å². The highest BCUT2D eigenvalue weighted by atomic mass is 16.5. The maximum atomic E-state index is 5.15. The summed E-state index contributed by atoms with van der Waals surface area (Å²) in [4.78, 5) is 11.2. The van der Waals surface area contributed by atoms with Crippen molar-refractivity contribution < 1.29 is 4.74 Å². The van der Waals surface area contributed by atoms with Gasteiger partial charge in [-0.2, -0.15) is 9.97 Å². The Balaban J connectivity index is 2.59. The lowest BCUT2D eigenvalue weighted by Crippen LogP contribution is -2.08. The van der Waals surface area contributed by atoms with E-state index in [1.54, 1.807) is 0 Å². The molecule has 1 heterocycles. The fourth-order valence-corrected chi connectivity index (χ4v) is 0.500. The van der Waals surface area contributed by atoms with Crippen LogP contribution in [-0.4, -0.2) is 21.1 Å². The van der Waals surface area contributed by atoms with E-state index in [-0.39, 0.29) is 6.10 Å². The quantitative estimate of drug-likeness (QED) is 0.603. The smallest absolute Gasteiger partial charge is 0.319 e. The van der Waals surface area contributed by atoms with Crippen molar-refractivity contribution >= 4 is 0 Å².